The third-order valence-corrected chi connectivity index (χ3v) is 3.75. The van der Waals surface area contributed by atoms with Gasteiger partial charge in [0.15, 0.2) is 0 Å². The van der Waals surface area contributed by atoms with Crippen LogP contribution < -0.4 is 5.73 Å². The van der Waals surface area contributed by atoms with Gasteiger partial charge in [0.05, 0.1) is 11.0 Å². The Bertz CT molecular complexity index is 296. The van der Waals surface area contributed by atoms with E-state index in [0.29, 0.717) is 4.99 Å². The van der Waals surface area contributed by atoms with Gasteiger partial charge in [0.25, 0.3) is 0 Å². The van der Waals surface area contributed by atoms with E-state index >= 15 is 0 Å². The Morgan fingerprint density at radius 1 is 1.67 bits per heavy atom. The summed E-state index contributed by atoms with van der Waals surface area (Å²) in [5.74, 6) is 0. The van der Waals surface area contributed by atoms with E-state index in [1.165, 1.54) is 4.88 Å². The Morgan fingerprint density at radius 3 is 2.87 bits per heavy atom. The van der Waals surface area contributed by atoms with E-state index in [1.54, 1.807) is 11.3 Å². The summed E-state index contributed by atoms with van der Waals surface area (Å²) in [6.07, 6.45) is 2.06. The van der Waals surface area contributed by atoms with Crippen molar-refractivity contribution in [1.29, 1.82) is 0 Å². The van der Waals surface area contributed by atoms with E-state index in [2.05, 4.69) is 36.4 Å². The summed E-state index contributed by atoms with van der Waals surface area (Å²) < 4.78 is 0. The van der Waals surface area contributed by atoms with E-state index in [-0.39, 0.29) is 6.04 Å². The van der Waals surface area contributed by atoms with E-state index in [1.807, 2.05) is 0 Å². The van der Waals surface area contributed by atoms with Crippen LogP contribution in [-0.4, -0.2) is 29.5 Å². The lowest BCUT2D eigenvalue weighted by molar-refractivity contribution is 0.296. The molecule has 84 valence electrons. The highest BCUT2D eigenvalue weighted by Gasteiger charge is 2.14. The van der Waals surface area contributed by atoms with E-state index < -0.39 is 0 Å². The van der Waals surface area contributed by atoms with Gasteiger partial charge in [-0.1, -0.05) is 25.2 Å². The van der Waals surface area contributed by atoms with Gasteiger partial charge >= 0.3 is 0 Å². The molecule has 2 nitrogen and oxygen atoms in total. The average molecular weight is 242 g/mol. The number of hydrogen-bond donors (Lipinski definition) is 1. The Hall–Kier alpha value is -0.450. The lowest BCUT2D eigenvalue weighted by Gasteiger charge is -2.25. The molecule has 1 unspecified atom stereocenters. The molecule has 1 aromatic heterocycles. The van der Waals surface area contributed by atoms with Crippen LogP contribution in [0.15, 0.2) is 17.5 Å². The maximum absolute atomic E-state index is 5.69. The molecular weight excluding hydrogens is 224 g/mol. The summed E-state index contributed by atoms with van der Waals surface area (Å²) in [5.41, 5.74) is 5.69. The van der Waals surface area contributed by atoms with Crippen molar-refractivity contribution in [3.63, 3.8) is 0 Å². The van der Waals surface area contributed by atoms with Crippen molar-refractivity contribution >= 4 is 28.5 Å². The molecule has 0 saturated heterocycles. The van der Waals surface area contributed by atoms with Crippen molar-refractivity contribution in [3.05, 3.63) is 22.4 Å². The number of thiophene rings is 1. The maximum Gasteiger partial charge on any atom is 0.0901 e. The zero-order chi connectivity index (χ0) is 11.3. The molecule has 1 atom stereocenters. The molecule has 0 fully saturated rings. The van der Waals surface area contributed by atoms with E-state index in [0.717, 1.165) is 19.4 Å². The Labute approximate surface area is 101 Å². The van der Waals surface area contributed by atoms with Gasteiger partial charge in [-0.25, -0.2) is 0 Å². The van der Waals surface area contributed by atoms with Crippen LogP contribution in [0.2, 0.25) is 0 Å². The molecule has 0 radical (unpaired) electrons. The fraction of sp³-hybridized carbons (Fsp3) is 0.545. The minimum Gasteiger partial charge on any atom is -0.392 e. The molecule has 1 rings (SSSR count). The molecular formula is C11H18N2S2. The van der Waals surface area contributed by atoms with Gasteiger partial charge in [-0.15, -0.1) is 11.3 Å². The SMILES string of the molecule is CCC(C(N)=S)N(C)CCc1cccs1. The van der Waals surface area contributed by atoms with Crippen molar-refractivity contribution in [2.75, 3.05) is 13.6 Å². The van der Waals surface area contributed by atoms with Crippen LogP contribution in [0.25, 0.3) is 0 Å². The first-order valence-corrected chi connectivity index (χ1v) is 6.46. The predicted molar refractivity (Wildman–Crippen MR) is 71.5 cm³/mol. The summed E-state index contributed by atoms with van der Waals surface area (Å²) >= 11 is 6.85. The molecule has 0 saturated carbocycles. The smallest absolute Gasteiger partial charge is 0.0901 e. The first-order chi connectivity index (χ1) is 7.15. The van der Waals surface area contributed by atoms with Crippen molar-refractivity contribution in [1.82, 2.24) is 4.90 Å². The second kappa shape index (κ2) is 6.20. The summed E-state index contributed by atoms with van der Waals surface area (Å²) in [6.45, 7) is 3.13. The summed E-state index contributed by atoms with van der Waals surface area (Å²) in [7, 11) is 2.08. The van der Waals surface area contributed by atoms with E-state index in [4.69, 9.17) is 18.0 Å². The van der Waals surface area contributed by atoms with Gasteiger partial charge in [-0.3, -0.25) is 4.90 Å². The van der Waals surface area contributed by atoms with Gasteiger partial charge in [0.2, 0.25) is 0 Å². The molecule has 0 spiro atoms. The topological polar surface area (TPSA) is 29.3 Å². The maximum atomic E-state index is 5.69. The van der Waals surface area contributed by atoms with Crippen molar-refractivity contribution in [2.24, 2.45) is 5.73 Å². The molecule has 0 amide bonds. The molecule has 0 aliphatic heterocycles. The highest BCUT2D eigenvalue weighted by molar-refractivity contribution is 7.80. The number of rotatable bonds is 6. The van der Waals surface area contributed by atoms with Crippen LogP contribution >= 0.6 is 23.6 Å². The number of thiocarbonyl (C=S) groups is 1. The van der Waals surface area contributed by atoms with Crippen LogP contribution in [0, 0.1) is 0 Å². The molecule has 2 N–H and O–H groups in total. The molecule has 0 aliphatic rings. The predicted octanol–water partition coefficient (Wildman–Crippen LogP) is 2.29. The standard InChI is InChI=1S/C11H18N2S2/c1-3-10(11(12)14)13(2)7-6-9-5-4-8-15-9/h4-5,8,10H,3,6-7H2,1-2H3,(H2,12,14). The number of nitrogens with zero attached hydrogens (tertiary/aromatic N) is 1. The molecule has 0 bridgehead atoms. The minimum absolute atomic E-state index is 0.236. The lowest BCUT2D eigenvalue weighted by Crippen LogP contribution is -2.41. The molecule has 0 aromatic carbocycles. The normalized spacial score (nSPS) is 13.0. The first-order valence-electron chi connectivity index (χ1n) is 5.17. The van der Waals surface area contributed by atoms with Gasteiger partial charge in [-0.2, -0.15) is 0 Å². The summed E-state index contributed by atoms with van der Waals surface area (Å²) in [5, 5.41) is 2.11. The Balaban J connectivity index is 2.40. The van der Waals surface area contributed by atoms with Gasteiger partial charge in [-0.05, 0) is 31.3 Å². The Kier molecular flexibility index (Phi) is 5.22. The lowest BCUT2D eigenvalue weighted by atomic mass is 10.2. The quantitative estimate of drug-likeness (QED) is 0.776. The number of nitrogens with two attached hydrogens (primary N) is 1. The molecule has 0 aliphatic carbocycles. The van der Waals surface area contributed by atoms with Gasteiger partial charge in [0, 0.05) is 11.4 Å². The highest BCUT2D eigenvalue weighted by Crippen LogP contribution is 2.11. The molecule has 15 heavy (non-hydrogen) atoms. The van der Waals surface area contributed by atoms with Crippen LogP contribution in [0.4, 0.5) is 0 Å². The number of hydrogen-bond acceptors (Lipinski definition) is 3. The molecule has 1 aromatic rings. The van der Waals surface area contributed by atoms with Crippen LogP contribution in [0.5, 0.6) is 0 Å². The second-order valence-corrected chi connectivity index (χ2v) is 5.14. The van der Waals surface area contributed by atoms with Crippen LogP contribution in [0.3, 0.4) is 0 Å². The third kappa shape index (κ3) is 3.89. The third-order valence-electron chi connectivity index (χ3n) is 2.54. The van der Waals surface area contributed by atoms with Crippen LogP contribution in [0.1, 0.15) is 18.2 Å². The molecule has 4 heteroatoms. The Morgan fingerprint density at radius 2 is 2.40 bits per heavy atom. The van der Waals surface area contributed by atoms with Crippen molar-refractivity contribution < 1.29 is 0 Å². The van der Waals surface area contributed by atoms with E-state index in [9.17, 15) is 0 Å². The van der Waals surface area contributed by atoms with Gasteiger partial charge < -0.3 is 5.73 Å². The highest BCUT2D eigenvalue weighted by atomic mass is 32.1. The number of likely N-dealkylation sites (N-methyl/N-ethyl adjacent to an activating group) is 1. The molecule has 1 heterocycles. The first kappa shape index (κ1) is 12.6. The zero-order valence-electron chi connectivity index (χ0n) is 9.27. The second-order valence-electron chi connectivity index (χ2n) is 3.64. The fourth-order valence-electron chi connectivity index (χ4n) is 1.63. The van der Waals surface area contributed by atoms with Gasteiger partial charge in [0.1, 0.15) is 0 Å². The van der Waals surface area contributed by atoms with Crippen molar-refractivity contribution in [3.8, 4) is 0 Å². The fourth-order valence-corrected chi connectivity index (χ4v) is 2.67. The van der Waals surface area contributed by atoms with Crippen molar-refractivity contribution in [2.45, 2.75) is 25.8 Å². The monoisotopic (exact) mass is 242 g/mol. The minimum atomic E-state index is 0.236. The van der Waals surface area contributed by atoms with Crippen LogP contribution in [-0.2, 0) is 6.42 Å². The summed E-state index contributed by atoms with van der Waals surface area (Å²) in [4.78, 5) is 4.26. The average Bonchev–Trinajstić information content (AvgIpc) is 2.67. The summed E-state index contributed by atoms with van der Waals surface area (Å²) in [6, 6.07) is 4.49. The zero-order valence-corrected chi connectivity index (χ0v) is 10.9. The largest absolute Gasteiger partial charge is 0.392 e.